The molecule has 0 aliphatic rings. The van der Waals surface area contributed by atoms with Gasteiger partial charge in [0.1, 0.15) is 17.9 Å². The van der Waals surface area contributed by atoms with Gasteiger partial charge in [-0.25, -0.2) is 4.39 Å². The Kier molecular flexibility index (Phi) is 3.71. The number of halogens is 3. The van der Waals surface area contributed by atoms with E-state index in [1.54, 1.807) is 0 Å². The molecular formula is C10H9F3O2. The van der Waals surface area contributed by atoms with Crippen LogP contribution in [0.15, 0.2) is 18.2 Å². The van der Waals surface area contributed by atoms with E-state index in [-0.39, 0.29) is 11.3 Å². The Hall–Kier alpha value is -1.52. The minimum atomic E-state index is -2.99. The minimum absolute atomic E-state index is 0.159. The largest absolute Gasteiger partial charge is 0.435 e. The quantitative estimate of drug-likeness (QED) is 0.726. The van der Waals surface area contributed by atoms with Crippen LogP contribution >= 0.6 is 0 Å². The lowest BCUT2D eigenvalue weighted by Gasteiger charge is -2.08. The third-order valence-corrected chi connectivity index (χ3v) is 1.89. The van der Waals surface area contributed by atoms with Gasteiger partial charge in [0, 0.05) is 12.0 Å². The van der Waals surface area contributed by atoms with Crippen molar-refractivity contribution >= 4 is 6.29 Å². The van der Waals surface area contributed by atoms with Crippen LogP contribution in [0.3, 0.4) is 0 Å². The van der Waals surface area contributed by atoms with Gasteiger partial charge in [-0.15, -0.1) is 0 Å². The average molecular weight is 218 g/mol. The van der Waals surface area contributed by atoms with Crippen molar-refractivity contribution in [3.05, 3.63) is 29.6 Å². The monoisotopic (exact) mass is 218 g/mol. The average Bonchev–Trinajstić information content (AvgIpc) is 2.16. The van der Waals surface area contributed by atoms with Crippen molar-refractivity contribution in [2.75, 3.05) is 0 Å². The van der Waals surface area contributed by atoms with Crippen molar-refractivity contribution in [1.29, 1.82) is 0 Å². The Labute approximate surface area is 84.7 Å². The molecule has 0 amide bonds. The number of benzene rings is 1. The first-order valence-electron chi connectivity index (χ1n) is 4.24. The highest BCUT2D eigenvalue weighted by Gasteiger charge is 2.12. The van der Waals surface area contributed by atoms with Gasteiger partial charge in [-0.3, -0.25) is 0 Å². The fourth-order valence-electron chi connectivity index (χ4n) is 1.13. The van der Waals surface area contributed by atoms with Crippen LogP contribution < -0.4 is 4.74 Å². The summed E-state index contributed by atoms with van der Waals surface area (Å²) >= 11 is 0. The van der Waals surface area contributed by atoms with Gasteiger partial charge in [0.15, 0.2) is 0 Å². The Bertz CT molecular complexity index is 353. The molecule has 0 aliphatic carbocycles. The first-order chi connectivity index (χ1) is 7.04. The number of hydrogen-bond acceptors (Lipinski definition) is 2. The van der Waals surface area contributed by atoms with Crippen molar-refractivity contribution in [2.45, 2.75) is 19.5 Å². The second-order valence-electron chi connectivity index (χ2n) is 2.99. The Morgan fingerprint density at radius 3 is 2.53 bits per heavy atom. The molecule has 0 aromatic heterocycles. The molecule has 5 heteroatoms. The number of carbonyl (C=O) groups excluding carboxylic acids is 1. The molecule has 1 rings (SSSR count). The summed E-state index contributed by atoms with van der Waals surface area (Å²) in [6, 6.07) is 3.29. The lowest BCUT2D eigenvalue weighted by atomic mass is 10.0. The maximum atomic E-state index is 13.3. The van der Waals surface area contributed by atoms with Gasteiger partial charge < -0.3 is 9.53 Å². The van der Waals surface area contributed by atoms with Gasteiger partial charge in [-0.05, 0) is 11.6 Å². The zero-order chi connectivity index (χ0) is 11.4. The second kappa shape index (κ2) is 4.82. The topological polar surface area (TPSA) is 26.3 Å². The Balaban J connectivity index is 2.92. The van der Waals surface area contributed by atoms with Crippen LogP contribution in [-0.4, -0.2) is 12.9 Å². The van der Waals surface area contributed by atoms with E-state index in [9.17, 15) is 18.0 Å². The predicted octanol–water partition coefficient (Wildman–Crippen LogP) is 2.73. The lowest BCUT2D eigenvalue weighted by Crippen LogP contribution is -2.04. The minimum Gasteiger partial charge on any atom is -0.435 e. The van der Waals surface area contributed by atoms with Crippen LogP contribution in [0.2, 0.25) is 0 Å². The molecular weight excluding hydrogens is 209 g/mol. The third kappa shape index (κ3) is 2.97. The van der Waals surface area contributed by atoms with Crippen molar-refractivity contribution in [2.24, 2.45) is 0 Å². The molecule has 82 valence electrons. The van der Waals surface area contributed by atoms with E-state index in [4.69, 9.17) is 0 Å². The molecule has 15 heavy (non-hydrogen) atoms. The van der Waals surface area contributed by atoms with E-state index in [0.717, 1.165) is 6.07 Å². The molecule has 0 spiro atoms. The standard InChI is InChI=1S/C10H9F3O2/c1-6(5-14)8-3-2-7(4-9(8)11)15-10(12)13/h2-6,10H,1H3. The van der Waals surface area contributed by atoms with Crippen LogP contribution in [0.25, 0.3) is 0 Å². The number of aldehydes is 1. The number of carbonyl (C=O) groups is 1. The van der Waals surface area contributed by atoms with Gasteiger partial charge in [0.05, 0.1) is 0 Å². The molecule has 1 aromatic rings. The Morgan fingerprint density at radius 2 is 2.07 bits per heavy atom. The summed E-state index contributed by atoms with van der Waals surface area (Å²) in [7, 11) is 0. The van der Waals surface area contributed by atoms with Crippen LogP contribution in [0.5, 0.6) is 5.75 Å². The molecule has 0 radical (unpaired) electrons. The van der Waals surface area contributed by atoms with Crippen LogP contribution in [0.4, 0.5) is 13.2 Å². The smallest absolute Gasteiger partial charge is 0.387 e. The molecule has 0 bridgehead atoms. The van der Waals surface area contributed by atoms with Crippen molar-refractivity contribution < 1.29 is 22.7 Å². The molecule has 1 unspecified atom stereocenters. The SMILES string of the molecule is CC(C=O)c1ccc(OC(F)F)cc1F. The van der Waals surface area contributed by atoms with E-state index < -0.39 is 18.3 Å². The van der Waals surface area contributed by atoms with Gasteiger partial charge in [0.2, 0.25) is 0 Å². The predicted molar refractivity (Wildman–Crippen MR) is 47.5 cm³/mol. The summed E-state index contributed by atoms with van der Waals surface area (Å²) in [5.74, 6) is -1.59. The number of rotatable bonds is 4. The van der Waals surface area contributed by atoms with E-state index in [1.807, 2.05) is 0 Å². The molecule has 0 aliphatic heterocycles. The molecule has 0 saturated carbocycles. The van der Waals surface area contributed by atoms with Crippen LogP contribution in [0, 0.1) is 5.82 Å². The summed E-state index contributed by atoms with van der Waals surface area (Å²) in [5.41, 5.74) is 0.159. The van der Waals surface area contributed by atoms with Gasteiger partial charge in [0.25, 0.3) is 0 Å². The van der Waals surface area contributed by atoms with E-state index in [1.165, 1.54) is 19.1 Å². The van der Waals surface area contributed by atoms with Crippen LogP contribution in [-0.2, 0) is 4.79 Å². The van der Waals surface area contributed by atoms with Crippen molar-refractivity contribution in [3.63, 3.8) is 0 Å². The zero-order valence-corrected chi connectivity index (χ0v) is 7.91. The molecule has 2 nitrogen and oxygen atoms in total. The first-order valence-corrected chi connectivity index (χ1v) is 4.24. The van der Waals surface area contributed by atoms with E-state index in [2.05, 4.69) is 4.74 Å². The molecule has 0 N–H and O–H groups in total. The summed E-state index contributed by atoms with van der Waals surface area (Å²) in [6.07, 6.45) is 0.575. The maximum Gasteiger partial charge on any atom is 0.387 e. The van der Waals surface area contributed by atoms with Gasteiger partial charge >= 0.3 is 6.61 Å². The summed E-state index contributed by atoms with van der Waals surface area (Å²) in [4.78, 5) is 10.4. The van der Waals surface area contributed by atoms with Crippen molar-refractivity contribution in [1.82, 2.24) is 0 Å². The highest BCUT2D eigenvalue weighted by atomic mass is 19.3. The molecule has 0 saturated heterocycles. The molecule has 0 heterocycles. The zero-order valence-electron chi connectivity index (χ0n) is 7.91. The van der Waals surface area contributed by atoms with Gasteiger partial charge in [-0.1, -0.05) is 13.0 Å². The summed E-state index contributed by atoms with van der Waals surface area (Å²) < 4.78 is 40.8. The fourth-order valence-corrected chi connectivity index (χ4v) is 1.13. The maximum absolute atomic E-state index is 13.3. The second-order valence-corrected chi connectivity index (χ2v) is 2.99. The normalized spacial score (nSPS) is 12.6. The summed E-state index contributed by atoms with van der Waals surface area (Å²) in [5, 5.41) is 0. The van der Waals surface area contributed by atoms with Crippen molar-refractivity contribution in [3.8, 4) is 5.75 Å². The molecule has 1 aromatic carbocycles. The highest BCUT2D eigenvalue weighted by Crippen LogP contribution is 2.23. The number of ether oxygens (including phenoxy) is 1. The van der Waals surface area contributed by atoms with Crippen LogP contribution in [0.1, 0.15) is 18.4 Å². The lowest BCUT2D eigenvalue weighted by molar-refractivity contribution is -0.108. The third-order valence-electron chi connectivity index (χ3n) is 1.89. The highest BCUT2D eigenvalue weighted by molar-refractivity contribution is 5.61. The molecule has 1 atom stereocenters. The fraction of sp³-hybridized carbons (Fsp3) is 0.300. The molecule has 0 fully saturated rings. The number of alkyl halides is 2. The Morgan fingerprint density at radius 1 is 1.40 bits per heavy atom. The van der Waals surface area contributed by atoms with E-state index in [0.29, 0.717) is 6.29 Å². The van der Waals surface area contributed by atoms with Gasteiger partial charge in [-0.2, -0.15) is 8.78 Å². The summed E-state index contributed by atoms with van der Waals surface area (Å²) in [6.45, 7) is -1.47. The first kappa shape index (κ1) is 11.6. The van der Waals surface area contributed by atoms with E-state index >= 15 is 0 Å². The number of hydrogen-bond donors (Lipinski definition) is 0.